The van der Waals surface area contributed by atoms with E-state index >= 15 is 0 Å². The first-order chi connectivity index (χ1) is 11.6. The van der Waals surface area contributed by atoms with Crippen LogP contribution in [0.15, 0.2) is 53.0 Å². The first-order valence-electron chi connectivity index (χ1n) is 8.38. The van der Waals surface area contributed by atoms with E-state index in [-0.39, 0.29) is 5.91 Å². The fraction of sp³-hybridized carbons (Fsp3) is 0.350. The number of ether oxygens (including phenoxy) is 1. The quantitative estimate of drug-likeness (QED) is 0.718. The zero-order valence-corrected chi connectivity index (χ0v) is 15.5. The van der Waals surface area contributed by atoms with Crippen molar-refractivity contribution in [3.05, 3.63) is 64.1 Å². The van der Waals surface area contributed by atoms with Crippen LogP contribution in [-0.4, -0.2) is 23.9 Å². The maximum Gasteiger partial charge on any atom is 0.253 e. The van der Waals surface area contributed by atoms with Gasteiger partial charge in [0.2, 0.25) is 0 Å². The minimum atomic E-state index is 0.111. The van der Waals surface area contributed by atoms with Crippen molar-refractivity contribution in [3.8, 4) is 5.75 Å². The number of hydrogen-bond acceptors (Lipinski definition) is 2. The predicted molar refractivity (Wildman–Crippen MR) is 99.3 cm³/mol. The first-order valence-corrected chi connectivity index (χ1v) is 9.18. The Morgan fingerprint density at radius 2 is 1.79 bits per heavy atom. The fourth-order valence-corrected chi connectivity index (χ4v) is 3.53. The van der Waals surface area contributed by atoms with E-state index < -0.39 is 0 Å². The second kappa shape index (κ2) is 7.84. The highest BCUT2D eigenvalue weighted by Gasteiger charge is 2.24. The van der Waals surface area contributed by atoms with Crippen LogP contribution < -0.4 is 4.74 Å². The molecule has 2 aromatic rings. The molecule has 24 heavy (non-hydrogen) atoms. The third-order valence-corrected chi connectivity index (χ3v) is 5.28. The van der Waals surface area contributed by atoms with Crippen molar-refractivity contribution in [2.45, 2.75) is 38.3 Å². The van der Waals surface area contributed by atoms with E-state index in [2.05, 4.69) is 15.9 Å². The molecule has 1 saturated carbocycles. The number of nitrogens with zero attached hydrogens (tertiary/aromatic N) is 1. The highest BCUT2D eigenvalue weighted by molar-refractivity contribution is 9.10. The molecule has 0 atom stereocenters. The Kier molecular flexibility index (Phi) is 5.56. The van der Waals surface area contributed by atoms with Gasteiger partial charge >= 0.3 is 0 Å². The number of halogens is 1. The van der Waals surface area contributed by atoms with Crippen LogP contribution in [0.5, 0.6) is 5.75 Å². The number of para-hydroxylation sites is 1. The lowest BCUT2D eigenvalue weighted by Crippen LogP contribution is -2.35. The molecule has 0 heterocycles. The number of hydrogen-bond donors (Lipinski definition) is 0. The largest absolute Gasteiger partial charge is 0.488 e. The van der Waals surface area contributed by atoms with E-state index in [0.29, 0.717) is 12.6 Å². The van der Waals surface area contributed by atoms with E-state index in [1.807, 2.05) is 60.5 Å². The van der Waals surface area contributed by atoms with Crippen molar-refractivity contribution < 1.29 is 9.53 Å². The lowest BCUT2D eigenvalue weighted by molar-refractivity contribution is 0.0735. The molecule has 1 aliphatic rings. The van der Waals surface area contributed by atoms with Gasteiger partial charge in [0.1, 0.15) is 12.4 Å². The number of carbonyl (C=O) groups is 1. The zero-order valence-electron chi connectivity index (χ0n) is 13.9. The van der Waals surface area contributed by atoms with Gasteiger partial charge in [-0.3, -0.25) is 4.79 Å². The summed E-state index contributed by atoms with van der Waals surface area (Å²) in [5.41, 5.74) is 1.79. The summed E-state index contributed by atoms with van der Waals surface area (Å²) in [4.78, 5) is 14.5. The standard InChI is InChI=1S/C20H22BrNO2/c1-22(17-6-2-3-7-17)20(23)16-12-10-15(11-13-16)14-24-19-9-5-4-8-18(19)21/h4-5,8-13,17H,2-3,6-7,14H2,1H3. The van der Waals surface area contributed by atoms with E-state index in [0.717, 1.165) is 34.2 Å². The number of rotatable bonds is 5. The van der Waals surface area contributed by atoms with E-state index in [1.165, 1.54) is 12.8 Å². The smallest absolute Gasteiger partial charge is 0.253 e. The monoisotopic (exact) mass is 387 g/mol. The van der Waals surface area contributed by atoms with Gasteiger partial charge in [0, 0.05) is 18.7 Å². The Morgan fingerprint density at radius 3 is 2.46 bits per heavy atom. The molecule has 1 fully saturated rings. The summed E-state index contributed by atoms with van der Waals surface area (Å²) < 4.78 is 6.75. The van der Waals surface area contributed by atoms with Gasteiger partial charge < -0.3 is 9.64 Å². The van der Waals surface area contributed by atoms with Crippen molar-refractivity contribution in [2.75, 3.05) is 7.05 Å². The summed E-state index contributed by atoms with van der Waals surface area (Å²) in [7, 11) is 1.92. The third-order valence-electron chi connectivity index (χ3n) is 4.62. The molecule has 3 rings (SSSR count). The van der Waals surface area contributed by atoms with Gasteiger partial charge in [-0.1, -0.05) is 37.1 Å². The zero-order chi connectivity index (χ0) is 16.9. The van der Waals surface area contributed by atoms with E-state index in [1.54, 1.807) is 0 Å². The summed E-state index contributed by atoms with van der Waals surface area (Å²) in [5, 5.41) is 0. The summed E-state index contributed by atoms with van der Waals surface area (Å²) in [6.45, 7) is 0.482. The summed E-state index contributed by atoms with van der Waals surface area (Å²) >= 11 is 3.47. The minimum Gasteiger partial charge on any atom is -0.488 e. The highest BCUT2D eigenvalue weighted by atomic mass is 79.9. The van der Waals surface area contributed by atoms with E-state index in [4.69, 9.17) is 4.74 Å². The molecule has 0 radical (unpaired) electrons. The normalized spacial score (nSPS) is 14.6. The SMILES string of the molecule is CN(C(=O)c1ccc(COc2ccccc2Br)cc1)C1CCCC1. The topological polar surface area (TPSA) is 29.5 Å². The molecule has 1 amide bonds. The van der Waals surface area contributed by atoms with Crippen molar-refractivity contribution in [1.82, 2.24) is 4.90 Å². The van der Waals surface area contributed by atoms with Gasteiger partial charge in [-0.2, -0.15) is 0 Å². The predicted octanol–water partition coefficient (Wildman–Crippen LogP) is 5.04. The molecule has 126 valence electrons. The average molecular weight is 388 g/mol. The first kappa shape index (κ1) is 17.0. The molecule has 1 aliphatic carbocycles. The van der Waals surface area contributed by atoms with Gasteiger partial charge in [0.05, 0.1) is 4.47 Å². The molecule has 0 aromatic heterocycles. The van der Waals surface area contributed by atoms with Crippen LogP contribution in [0.4, 0.5) is 0 Å². The van der Waals surface area contributed by atoms with Crippen molar-refractivity contribution in [2.24, 2.45) is 0 Å². The number of carbonyl (C=O) groups excluding carboxylic acids is 1. The molecule has 0 bridgehead atoms. The van der Waals surface area contributed by atoms with Crippen LogP contribution in [0.1, 0.15) is 41.6 Å². The molecule has 4 heteroatoms. The van der Waals surface area contributed by atoms with Crippen LogP contribution in [0.2, 0.25) is 0 Å². The molecule has 0 N–H and O–H groups in total. The summed E-state index contributed by atoms with van der Waals surface area (Å²) in [5.74, 6) is 0.929. The Hall–Kier alpha value is -1.81. The Balaban J connectivity index is 1.60. The van der Waals surface area contributed by atoms with Gasteiger partial charge in [0.15, 0.2) is 0 Å². The van der Waals surface area contributed by atoms with Crippen molar-refractivity contribution in [1.29, 1.82) is 0 Å². The summed E-state index contributed by atoms with van der Waals surface area (Å²) in [6.07, 6.45) is 4.71. The second-order valence-corrected chi connectivity index (χ2v) is 7.12. The van der Waals surface area contributed by atoms with Crippen LogP contribution in [-0.2, 0) is 6.61 Å². The molecule has 0 spiro atoms. The van der Waals surface area contributed by atoms with Gasteiger partial charge in [0.25, 0.3) is 5.91 Å². The fourth-order valence-electron chi connectivity index (χ4n) is 3.13. The lowest BCUT2D eigenvalue weighted by atomic mass is 10.1. The molecular weight excluding hydrogens is 366 g/mol. The molecule has 0 aliphatic heterocycles. The molecule has 2 aromatic carbocycles. The third kappa shape index (κ3) is 3.99. The van der Waals surface area contributed by atoms with Gasteiger partial charge in [-0.05, 0) is 58.6 Å². The van der Waals surface area contributed by atoms with Crippen LogP contribution in [0.3, 0.4) is 0 Å². The van der Waals surface area contributed by atoms with Crippen LogP contribution in [0.25, 0.3) is 0 Å². The Bertz CT molecular complexity index is 693. The van der Waals surface area contributed by atoms with E-state index in [9.17, 15) is 4.79 Å². The number of benzene rings is 2. The maximum absolute atomic E-state index is 12.6. The molecule has 0 unspecified atom stereocenters. The molecular formula is C20H22BrNO2. The molecule has 0 saturated heterocycles. The molecule has 3 nitrogen and oxygen atoms in total. The Morgan fingerprint density at radius 1 is 1.12 bits per heavy atom. The van der Waals surface area contributed by atoms with Crippen LogP contribution >= 0.6 is 15.9 Å². The highest BCUT2D eigenvalue weighted by Crippen LogP contribution is 2.25. The summed E-state index contributed by atoms with van der Waals surface area (Å²) in [6, 6.07) is 15.9. The lowest BCUT2D eigenvalue weighted by Gasteiger charge is -2.24. The van der Waals surface area contributed by atoms with Gasteiger partial charge in [-0.25, -0.2) is 0 Å². The average Bonchev–Trinajstić information content (AvgIpc) is 3.15. The van der Waals surface area contributed by atoms with Crippen LogP contribution in [0, 0.1) is 0 Å². The minimum absolute atomic E-state index is 0.111. The van der Waals surface area contributed by atoms with Crippen molar-refractivity contribution in [3.63, 3.8) is 0 Å². The number of amides is 1. The van der Waals surface area contributed by atoms with Crippen molar-refractivity contribution >= 4 is 21.8 Å². The maximum atomic E-state index is 12.6. The van der Waals surface area contributed by atoms with Gasteiger partial charge in [-0.15, -0.1) is 0 Å². The Labute approximate surface area is 151 Å². The second-order valence-electron chi connectivity index (χ2n) is 6.27.